The van der Waals surface area contributed by atoms with Crippen molar-refractivity contribution in [3.05, 3.63) is 89.0 Å². The molecule has 34 heavy (non-hydrogen) atoms. The predicted molar refractivity (Wildman–Crippen MR) is 134 cm³/mol. The third-order valence-electron chi connectivity index (χ3n) is 5.29. The minimum Gasteiger partial charge on any atom is -0.504 e. The van der Waals surface area contributed by atoms with Gasteiger partial charge in [0.15, 0.2) is 16.3 Å². The number of esters is 1. The lowest BCUT2D eigenvalue weighted by Crippen LogP contribution is -2.39. The van der Waals surface area contributed by atoms with Crippen molar-refractivity contribution in [1.29, 1.82) is 0 Å². The number of hydrogen-bond acceptors (Lipinski definition) is 7. The molecule has 2 heterocycles. The zero-order chi connectivity index (χ0) is 24.4. The number of ether oxygens (including phenoxy) is 2. The van der Waals surface area contributed by atoms with E-state index >= 15 is 0 Å². The van der Waals surface area contributed by atoms with Gasteiger partial charge in [-0.15, -0.1) is 0 Å². The Labute approximate surface area is 208 Å². The van der Waals surface area contributed by atoms with Crippen LogP contribution in [0.3, 0.4) is 0 Å². The van der Waals surface area contributed by atoms with Crippen molar-refractivity contribution in [2.24, 2.45) is 4.99 Å². The summed E-state index contributed by atoms with van der Waals surface area (Å²) in [4.78, 5) is 31.5. The minimum atomic E-state index is -0.672. The molecule has 0 aliphatic carbocycles. The van der Waals surface area contributed by atoms with Gasteiger partial charge in [-0.1, -0.05) is 57.6 Å². The van der Waals surface area contributed by atoms with Gasteiger partial charge in [-0.2, -0.15) is 0 Å². The lowest BCUT2D eigenvalue weighted by molar-refractivity contribution is -0.139. The third kappa shape index (κ3) is 4.45. The van der Waals surface area contributed by atoms with Crippen molar-refractivity contribution in [1.82, 2.24) is 4.57 Å². The number of fused-ring (bicyclic) bond motifs is 1. The summed E-state index contributed by atoms with van der Waals surface area (Å²) in [6.07, 6.45) is 1.61. The first-order valence-corrected chi connectivity index (χ1v) is 12.4. The van der Waals surface area contributed by atoms with Crippen molar-refractivity contribution in [2.45, 2.75) is 26.8 Å². The molecular weight excluding hydrogens is 520 g/mol. The number of thiazole rings is 1. The SMILES string of the molecule is CCOC(=O)C1=C(C)N=c2sc(=Cc3cc(Br)cc(OCC)c3O)c(=O)n2[C@H]1c1ccccc1. The standard InChI is InChI=1S/C25H23BrN2O5S/c1-4-32-18-13-17(26)11-16(22(18)29)12-19-23(30)28-21(15-9-7-6-8-10-15)20(24(31)33-5-2)14(3)27-25(28)34-19/h6-13,21,29H,4-5H2,1-3H3/t21-/m0/s1. The summed E-state index contributed by atoms with van der Waals surface area (Å²) in [6.45, 7) is 5.91. The second kappa shape index (κ2) is 9.99. The number of benzene rings is 2. The smallest absolute Gasteiger partial charge is 0.338 e. The first-order chi connectivity index (χ1) is 16.3. The van der Waals surface area contributed by atoms with E-state index in [0.717, 1.165) is 5.56 Å². The Kier molecular flexibility index (Phi) is 7.04. The van der Waals surface area contributed by atoms with E-state index in [2.05, 4.69) is 20.9 Å². The van der Waals surface area contributed by atoms with E-state index in [1.165, 1.54) is 15.9 Å². The lowest BCUT2D eigenvalue weighted by Gasteiger charge is -2.24. The quantitative estimate of drug-likeness (QED) is 0.480. The van der Waals surface area contributed by atoms with Gasteiger partial charge in [-0.3, -0.25) is 9.36 Å². The number of carbonyl (C=O) groups excluding carboxylic acids is 1. The molecule has 176 valence electrons. The van der Waals surface area contributed by atoms with Gasteiger partial charge in [0.2, 0.25) is 0 Å². The molecule has 2 aromatic carbocycles. The highest BCUT2D eigenvalue weighted by Gasteiger charge is 2.33. The fraction of sp³-hybridized carbons (Fsp3) is 0.240. The number of aromatic hydroxyl groups is 1. The van der Waals surface area contributed by atoms with E-state index in [1.54, 1.807) is 32.1 Å². The molecular formula is C25H23BrN2O5S. The molecule has 4 rings (SSSR count). The second-order valence-corrected chi connectivity index (χ2v) is 9.41. The van der Waals surface area contributed by atoms with E-state index in [4.69, 9.17) is 9.47 Å². The number of phenolic OH excluding ortho intramolecular Hbond substituents is 1. The molecule has 7 nitrogen and oxygen atoms in total. The fourth-order valence-electron chi connectivity index (χ4n) is 3.85. The molecule has 0 saturated carbocycles. The number of hydrogen-bond donors (Lipinski definition) is 1. The maximum atomic E-state index is 13.6. The molecule has 0 amide bonds. The van der Waals surface area contributed by atoms with E-state index in [-0.39, 0.29) is 17.9 Å². The number of phenols is 1. The summed E-state index contributed by atoms with van der Waals surface area (Å²) < 4.78 is 13.4. The summed E-state index contributed by atoms with van der Waals surface area (Å²) >= 11 is 4.62. The molecule has 0 saturated heterocycles. The van der Waals surface area contributed by atoms with Crippen LogP contribution in [0, 0.1) is 0 Å². The number of halogens is 1. The second-order valence-electron chi connectivity index (χ2n) is 7.49. The van der Waals surface area contributed by atoms with Crippen LogP contribution in [-0.4, -0.2) is 28.9 Å². The topological polar surface area (TPSA) is 90.1 Å². The summed E-state index contributed by atoms with van der Waals surface area (Å²) in [5.41, 5.74) is 1.72. The summed E-state index contributed by atoms with van der Waals surface area (Å²) in [5, 5.41) is 10.7. The van der Waals surface area contributed by atoms with E-state index in [1.807, 2.05) is 37.3 Å². The summed E-state index contributed by atoms with van der Waals surface area (Å²) in [6, 6.07) is 12.0. The Hall–Kier alpha value is -3.17. The Bertz CT molecular complexity index is 1460. The number of aromatic nitrogens is 1. The van der Waals surface area contributed by atoms with Gasteiger partial charge in [-0.25, -0.2) is 9.79 Å². The van der Waals surface area contributed by atoms with Gasteiger partial charge in [0.1, 0.15) is 0 Å². The first kappa shape index (κ1) is 24.0. The van der Waals surface area contributed by atoms with Crippen molar-refractivity contribution in [3.63, 3.8) is 0 Å². The predicted octanol–water partition coefficient (Wildman–Crippen LogP) is 3.67. The van der Waals surface area contributed by atoms with Crippen LogP contribution in [-0.2, 0) is 9.53 Å². The molecule has 1 aliphatic heterocycles. The molecule has 1 aliphatic rings. The van der Waals surface area contributed by atoms with Gasteiger partial charge in [0.05, 0.1) is 35.1 Å². The van der Waals surface area contributed by atoms with Gasteiger partial charge < -0.3 is 14.6 Å². The van der Waals surface area contributed by atoms with Crippen molar-refractivity contribution < 1.29 is 19.4 Å². The monoisotopic (exact) mass is 542 g/mol. The Morgan fingerprint density at radius 2 is 1.97 bits per heavy atom. The van der Waals surface area contributed by atoms with Crippen LogP contribution in [0.25, 0.3) is 6.08 Å². The van der Waals surface area contributed by atoms with Crippen LogP contribution in [0.1, 0.15) is 37.9 Å². The van der Waals surface area contributed by atoms with Crippen LogP contribution in [0.2, 0.25) is 0 Å². The van der Waals surface area contributed by atoms with Crippen LogP contribution in [0.15, 0.2) is 68.0 Å². The molecule has 1 atom stereocenters. The van der Waals surface area contributed by atoms with Crippen molar-refractivity contribution in [3.8, 4) is 11.5 Å². The highest BCUT2D eigenvalue weighted by molar-refractivity contribution is 9.10. The van der Waals surface area contributed by atoms with Crippen molar-refractivity contribution >= 4 is 39.3 Å². The minimum absolute atomic E-state index is 0.0566. The third-order valence-corrected chi connectivity index (χ3v) is 6.73. The molecule has 0 fully saturated rings. The Balaban J connectivity index is 1.95. The van der Waals surface area contributed by atoms with Crippen LogP contribution >= 0.6 is 27.3 Å². The first-order valence-electron chi connectivity index (χ1n) is 10.8. The van der Waals surface area contributed by atoms with Crippen molar-refractivity contribution in [2.75, 3.05) is 13.2 Å². The van der Waals surface area contributed by atoms with E-state index in [9.17, 15) is 14.7 Å². The Morgan fingerprint density at radius 1 is 1.24 bits per heavy atom. The fourth-order valence-corrected chi connectivity index (χ4v) is 5.35. The zero-order valence-corrected chi connectivity index (χ0v) is 21.3. The number of nitrogens with zero attached hydrogens (tertiary/aromatic N) is 2. The van der Waals surface area contributed by atoms with Gasteiger partial charge in [0, 0.05) is 10.0 Å². The molecule has 3 aromatic rings. The van der Waals surface area contributed by atoms with Gasteiger partial charge in [0.25, 0.3) is 5.56 Å². The normalized spacial score (nSPS) is 15.6. The number of carbonyl (C=O) groups is 1. The van der Waals surface area contributed by atoms with E-state index in [0.29, 0.717) is 43.0 Å². The lowest BCUT2D eigenvalue weighted by atomic mass is 9.96. The molecule has 0 radical (unpaired) electrons. The molecule has 1 N–H and O–H groups in total. The van der Waals surface area contributed by atoms with Gasteiger partial charge >= 0.3 is 5.97 Å². The highest BCUT2D eigenvalue weighted by atomic mass is 79.9. The maximum Gasteiger partial charge on any atom is 0.338 e. The zero-order valence-electron chi connectivity index (χ0n) is 18.9. The Morgan fingerprint density at radius 3 is 2.65 bits per heavy atom. The molecule has 0 spiro atoms. The molecule has 0 unspecified atom stereocenters. The van der Waals surface area contributed by atoms with E-state index < -0.39 is 12.0 Å². The molecule has 9 heteroatoms. The summed E-state index contributed by atoms with van der Waals surface area (Å²) in [7, 11) is 0. The highest BCUT2D eigenvalue weighted by Crippen LogP contribution is 2.34. The van der Waals surface area contributed by atoms with Crippen LogP contribution < -0.4 is 19.6 Å². The largest absolute Gasteiger partial charge is 0.504 e. The average Bonchev–Trinajstić information content (AvgIpc) is 3.11. The number of allylic oxidation sites excluding steroid dienone is 1. The van der Waals surface area contributed by atoms with Crippen LogP contribution in [0.5, 0.6) is 11.5 Å². The summed E-state index contributed by atoms with van der Waals surface area (Å²) in [5.74, 6) is -0.240. The van der Waals surface area contributed by atoms with Gasteiger partial charge in [-0.05, 0) is 44.5 Å². The molecule has 1 aromatic heterocycles. The maximum absolute atomic E-state index is 13.6. The average molecular weight is 543 g/mol. The number of rotatable bonds is 6. The van der Waals surface area contributed by atoms with Crippen LogP contribution in [0.4, 0.5) is 0 Å². The molecule has 0 bridgehead atoms.